The molecule has 3 rings (SSSR count). The molecule has 0 amide bonds. The van der Waals surface area contributed by atoms with Gasteiger partial charge in [0.05, 0.1) is 5.71 Å². The van der Waals surface area contributed by atoms with Gasteiger partial charge in [-0.25, -0.2) is 0 Å². The molecule has 3 heterocycles. The lowest BCUT2D eigenvalue weighted by Crippen LogP contribution is -2.11. The predicted molar refractivity (Wildman–Crippen MR) is 131 cm³/mol. The highest BCUT2D eigenvalue weighted by atomic mass is 127. The number of aromatic nitrogens is 1. The summed E-state index contributed by atoms with van der Waals surface area (Å²) in [4.78, 5) is 15.7. The van der Waals surface area contributed by atoms with E-state index >= 15 is 0 Å². The van der Waals surface area contributed by atoms with Crippen molar-refractivity contribution in [3.63, 3.8) is 0 Å². The monoisotopic (exact) mass is 580 g/mol. The van der Waals surface area contributed by atoms with Gasteiger partial charge >= 0.3 is 0 Å². The molecular weight excluding hydrogens is 554 g/mol. The Morgan fingerprint density at radius 1 is 1.16 bits per heavy atom. The Balaban J connectivity index is 0.000000730. The topological polar surface area (TPSA) is 25.2 Å². The van der Waals surface area contributed by atoms with Crippen molar-refractivity contribution in [2.45, 2.75) is 32.6 Å². The number of hydrogen-bond donors (Lipinski definition) is 0. The highest BCUT2D eigenvalue weighted by molar-refractivity contribution is 14.1. The Morgan fingerprint density at radius 2 is 1.96 bits per heavy atom. The van der Waals surface area contributed by atoms with Gasteiger partial charge in [0.2, 0.25) is 0 Å². The molecule has 0 aromatic carbocycles. The van der Waals surface area contributed by atoms with E-state index in [9.17, 15) is 0 Å². The molecule has 136 valence electrons. The summed E-state index contributed by atoms with van der Waals surface area (Å²) >= 11 is 6.20. The second-order valence-electron chi connectivity index (χ2n) is 5.30. The lowest BCUT2D eigenvalue weighted by atomic mass is 9.96. The van der Waals surface area contributed by atoms with Crippen LogP contribution in [0.25, 0.3) is 6.08 Å². The van der Waals surface area contributed by atoms with Crippen LogP contribution >= 0.6 is 56.5 Å². The average Bonchev–Trinajstić information content (AvgIpc) is 3.13. The molecule has 2 aromatic heterocycles. The number of nitrogens with zero attached hydrogens (tertiary/aromatic N) is 2. The zero-order valence-corrected chi connectivity index (χ0v) is 20.3. The molecule has 5 heteroatoms. The van der Waals surface area contributed by atoms with E-state index in [4.69, 9.17) is 4.99 Å². The van der Waals surface area contributed by atoms with Crippen LogP contribution in [0.15, 0.2) is 47.2 Å². The van der Waals surface area contributed by atoms with E-state index in [1.54, 1.807) is 0 Å². The van der Waals surface area contributed by atoms with Crippen LogP contribution in [0.2, 0.25) is 0 Å². The number of halogens is 2. The van der Waals surface area contributed by atoms with Crippen LogP contribution in [0, 0.1) is 0 Å². The molecule has 0 unspecified atom stereocenters. The summed E-state index contributed by atoms with van der Waals surface area (Å²) in [5, 5.41) is 0. The molecule has 2 aromatic rings. The lowest BCUT2D eigenvalue weighted by Gasteiger charge is -2.15. The number of aliphatic imine (C=N–C) groups is 1. The third kappa shape index (κ3) is 7.46. The standard InChI is InChI=1S/C18H20N2S.2CH3I/c1-2-5-16-8-9-17(21-16)12-14-6-4-11-20-18(14)15-7-3-10-19-13-15;2*1-2/h3,7-10,12-13H,2,4-6,11H2,1H3;2*1H3/b14-12+;;. The highest BCUT2D eigenvalue weighted by Crippen LogP contribution is 2.25. The van der Waals surface area contributed by atoms with E-state index in [1.165, 1.54) is 28.2 Å². The summed E-state index contributed by atoms with van der Waals surface area (Å²) in [6.07, 6.45) is 10.7. The maximum atomic E-state index is 4.73. The zero-order chi connectivity index (χ0) is 18.5. The molecule has 25 heavy (non-hydrogen) atoms. The molecular formula is C20H26I2N2S. The van der Waals surface area contributed by atoms with Crippen LogP contribution < -0.4 is 0 Å². The van der Waals surface area contributed by atoms with Gasteiger partial charge in [-0.15, -0.1) is 11.3 Å². The molecule has 1 aliphatic rings. The SMILES string of the molecule is CCCc1ccc(/C=C2\CCCN=C2c2cccnc2)s1.CI.CI. The molecule has 0 radical (unpaired) electrons. The van der Waals surface area contributed by atoms with Crippen LogP contribution in [0.5, 0.6) is 0 Å². The maximum absolute atomic E-state index is 4.73. The number of aryl methyl sites for hydroxylation is 1. The summed E-state index contributed by atoms with van der Waals surface area (Å²) < 4.78 is 0. The average molecular weight is 580 g/mol. The van der Waals surface area contributed by atoms with Gasteiger partial charge in [0.15, 0.2) is 0 Å². The van der Waals surface area contributed by atoms with Gasteiger partial charge in [0.25, 0.3) is 0 Å². The Morgan fingerprint density at radius 3 is 2.64 bits per heavy atom. The van der Waals surface area contributed by atoms with Crippen LogP contribution in [0.4, 0.5) is 0 Å². The molecule has 0 fully saturated rings. The van der Waals surface area contributed by atoms with E-state index in [1.807, 2.05) is 39.7 Å². The molecule has 0 N–H and O–H groups in total. The fourth-order valence-corrected chi connectivity index (χ4v) is 3.71. The number of allylic oxidation sites excluding steroid dienone is 1. The minimum Gasteiger partial charge on any atom is -0.284 e. The van der Waals surface area contributed by atoms with E-state index < -0.39 is 0 Å². The molecule has 1 aliphatic heterocycles. The van der Waals surface area contributed by atoms with Crippen LogP contribution in [0.1, 0.15) is 41.5 Å². The molecule has 0 saturated heterocycles. The van der Waals surface area contributed by atoms with Gasteiger partial charge in [0, 0.05) is 34.3 Å². The smallest absolute Gasteiger partial charge is 0.0694 e. The van der Waals surface area contributed by atoms with Gasteiger partial charge in [-0.2, -0.15) is 0 Å². The van der Waals surface area contributed by atoms with E-state index in [0.717, 1.165) is 30.7 Å². The third-order valence-corrected chi connectivity index (χ3v) is 4.70. The van der Waals surface area contributed by atoms with Gasteiger partial charge < -0.3 is 0 Å². The number of hydrogen-bond acceptors (Lipinski definition) is 3. The minimum absolute atomic E-state index is 0.924. The molecule has 0 saturated carbocycles. The molecule has 2 nitrogen and oxygen atoms in total. The summed E-state index contributed by atoms with van der Waals surface area (Å²) in [6.45, 7) is 3.15. The molecule has 0 atom stereocenters. The van der Waals surface area contributed by atoms with Crippen molar-refractivity contribution in [1.82, 2.24) is 4.98 Å². The van der Waals surface area contributed by atoms with E-state index in [0.29, 0.717) is 0 Å². The first-order valence-corrected chi connectivity index (χ1v) is 13.5. The van der Waals surface area contributed by atoms with Crippen molar-refractivity contribution >= 4 is 68.3 Å². The first kappa shape index (κ1) is 22.8. The van der Waals surface area contributed by atoms with Gasteiger partial charge in [-0.05, 0) is 65.0 Å². The second kappa shape index (κ2) is 13.9. The Hall–Kier alpha value is -0.280. The summed E-state index contributed by atoms with van der Waals surface area (Å²) in [5.41, 5.74) is 3.60. The van der Waals surface area contributed by atoms with Crippen molar-refractivity contribution in [3.8, 4) is 0 Å². The molecule has 0 bridgehead atoms. The van der Waals surface area contributed by atoms with Gasteiger partial charge in [0.1, 0.15) is 0 Å². The second-order valence-corrected chi connectivity index (χ2v) is 6.50. The third-order valence-electron chi connectivity index (χ3n) is 3.61. The maximum Gasteiger partial charge on any atom is 0.0694 e. The summed E-state index contributed by atoms with van der Waals surface area (Å²) in [5.74, 6) is 0. The van der Waals surface area contributed by atoms with Crippen molar-refractivity contribution in [2.75, 3.05) is 16.4 Å². The Kier molecular flexibility index (Phi) is 12.6. The van der Waals surface area contributed by atoms with Crippen molar-refractivity contribution in [3.05, 3.63) is 57.6 Å². The first-order valence-electron chi connectivity index (χ1n) is 8.37. The van der Waals surface area contributed by atoms with Crippen LogP contribution in [-0.2, 0) is 6.42 Å². The van der Waals surface area contributed by atoms with Crippen LogP contribution in [0.3, 0.4) is 0 Å². The summed E-state index contributed by atoms with van der Waals surface area (Å²) in [6, 6.07) is 8.57. The van der Waals surface area contributed by atoms with Gasteiger partial charge in [-0.3, -0.25) is 9.98 Å². The molecule has 0 aliphatic carbocycles. The normalized spacial score (nSPS) is 14.8. The van der Waals surface area contributed by atoms with Crippen molar-refractivity contribution in [1.29, 1.82) is 0 Å². The highest BCUT2D eigenvalue weighted by Gasteiger charge is 2.14. The quantitative estimate of drug-likeness (QED) is 0.287. The van der Waals surface area contributed by atoms with Gasteiger partial charge in [-0.1, -0.05) is 58.5 Å². The minimum atomic E-state index is 0.924. The van der Waals surface area contributed by atoms with Crippen LogP contribution in [-0.4, -0.2) is 27.1 Å². The lowest BCUT2D eigenvalue weighted by molar-refractivity contribution is 0.818. The van der Waals surface area contributed by atoms with Crippen molar-refractivity contribution in [2.24, 2.45) is 4.99 Å². The largest absolute Gasteiger partial charge is 0.284 e. The number of rotatable bonds is 4. The van der Waals surface area contributed by atoms with Crippen molar-refractivity contribution < 1.29 is 0 Å². The Bertz CT molecular complexity index is 663. The number of pyridine rings is 1. The first-order chi connectivity index (χ1) is 12.4. The fraction of sp³-hybridized carbons (Fsp3) is 0.400. The number of alkyl halides is 2. The number of thiophene rings is 1. The Labute approximate surface area is 183 Å². The van der Waals surface area contributed by atoms with E-state index in [-0.39, 0.29) is 0 Å². The summed E-state index contributed by atoms with van der Waals surface area (Å²) in [7, 11) is 0. The predicted octanol–water partition coefficient (Wildman–Crippen LogP) is 6.86. The zero-order valence-electron chi connectivity index (χ0n) is 15.1. The fourth-order valence-electron chi connectivity index (χ4n) is 2.62. The van der Waals surface area contributed by atoms with E-state index in [2.05, 4.69) is 81.4 Å². The molecule has 0 spiro atoms.